The van der Waals surface area contributed by atoms with Crippen LogP contribution in [0.4, 0.5) is 4.79 Å². The SMILES string of the molecule is CCOC(=O)[C@@H](C)N1C(=O)S/C(=C/c2cc(Br)c(OCc3ccc(I)cc3)c(OC)c2)C1=O. The molecule has 1 fully saturated rings. The minimum absolute atomic E-state index is 0.168. The van der Waals surface area contributed by atoms with Crippen molar-refractivity contribution < 1.29 is 28.6 Å². The molecule has 1 aliphatic rings. The molecule has 1 atom stereocenters. The van der Waals surface area contributed by atoms with E-state index in [1.54, 1.807) is 25.1 Å². The first-order chi connectivity index (χ1) is 15.7. The van der Waals surface area contributed by atoms with E-state index in [4.69, 9.17) is 14.2 Å². The van der Waals surface area contributed by atoms with Crippen LogP contribution in [0.2, 0.25) is 0 Å². The third-order valence-electron chi connectivity index (χ3n) is 4.68. The molecule has 0 radical (unpaired) electrons. The molecule has 1 aliphatic heterocycles. The first-order valence-electron chi connectivity index (χ1n) is 9.93. The van der Waals surface area contributed by atoms with Crippen LogP contribution in [0.25, 0.3) is 6.08 Å². The van der Waals surface area contributed by atoms with E-state index in [0.717, 1.165) is 25.8 Å². The number of rotatable bonds is 8. The summed E-state index contributed by atoms with van der Waals surface area (Å²) in [4.78, 5) is 38.3. The lowest BCUT2D eigenvalue weighted by molar-refractivity contribution is -0.150. The number of hydrogen-bond donors (Lipinski definition) is 0. The van der Waals surface area contributed by atoms with E-state index in [2.05, 4.69) is 38.5 Å². The highest BCUT2D eigenvalue weighted by atomic mass is 127. The fourth-order valence-corrected chi connectivity index (χ4v) is 4.87. The van der Waals surface area contributed by atoms with Crippen LogP contribution in [-0.4, -0.2) is 41.8 Å². The Labute approximate surface area is 218 Å². The molecule has 0 unspecified atom stereocenters. The zero-order chi connectivity index (χ0) is 24.1. The van der Waals surface area contributed by atoms with E-state index in [1.165, 1.54) is 14.0 Å². The summed E-state index contributed by atoms with van der Waals surface area (Å²) in [6, 6.07) is 10.5. The number of esters is 1. The Morgan fingerprint density at radius 3 is 2.58 bits per heavy atom. The number of carbonyl (C=O) groups excluding carboxylic acids is 3. The summed E-state index contributed by atoms with van der Waals surface area (Å²) in [6.45, 7) is 3.66. The van der Waals surface area contributed by atoms with Crippen LogP contribution in [0.15, 0.2) is 45.8 Å². The molecule has 0 aromatic heterocycles. The van der Waals surface area contributed by atoms with Gasteiger partial charge >= 0.3 is 5.97 Å². The van der Waals surface area contributed by atoms with E-state index in [9.17, 15) is 14.4 Å². The Balaban J connectivity index is 1.81. The van der Waals surface area contributed by atoms with Crippen molar-refractivity contribution in [2.45, 2.75) is 26.5 Å². The Morgan fingerprint density at radius 2 is 1.94 bits per heavy atom. The largest absolute Gasteiger partial charge is 0.493 e. The van der Waals surface area contributed by atoms with E-state index in [1.807, 2.05) is 24.3 Å². The van der Waals surface area contributed by atoms with Crippen molar-refractivity contribution >= 4 is 73.5 Å². The highest BCUT2D eigenvalue weighted by molar-refractivity contribution is 14.1. The molecule has 0 spiro atoms. The van der Waals surface area contributed by atoms with Gasteiger partial charge in [0.15, 0.2) is 11.5 Å². The molecule has 2 aromatic carbocycles. The molecular formula is C23H21BrINO6S. The summed E-state index contributed by atoms with van der Waals surface area (Å²) in [5.41, 5.74) is 1.65. The van der Waals surface area contributed by atoms with Crippen molar-refractivity contribution in [1.29, 1.82) is 0 Å². The number of thioether (sulfide) groups is 1. The maximum atomic E-state index is 12.8. The molecule has 1 heterocycles. The van der Waals surface area contributed by atoms with Gasteiger partial charge in [-0.15, -0.1) is 0 Å². The lowest BCUT2D eigenvalue weighted by Crippen LogP contribution is -2.42. The van der Waals surface area contributed by atoms with Gasteiger partial charge in [0.05, 0.1) is 23.1 Å². The molecule has 1 saturated heterocycles. The molecule has 33 heavy (non-hydrogen) atoms. The molecular weight excluding hydrogens is 625 g/mol. The monoisotopic (exact) mass is 645 g/mol. The van der Waals surface area contributed by atoms with Crippen molar-refractivity contribution in [2.24, 2.45) is 0 Å². The quantitative estimate of drug-likeness (QED) is 0.209. The average molecular weight is 646 g/mol. The van der Waals surface area contributed by atoms with Gasteiger partial charge in [0.25, 0.3) is 11.1 Å². The first-order valence-corrected chi connectivity index (χ1v) is 12.6. The highest BCUT2D eigenvalue weighted by Gasteiger charge is 2.41. The Hall–Kier alpha value is -2.05. The number of nitrogens with zero attached hydrogens (tertiary/aromatic N) is 1. The normalized spacial score (nSPS) is 15.7. The second-order valence-electron chi connectivity index (χ2n) is 6.93. The van der Waals surface area contributed by atoms with Gasteiger partial charge in [-0.2, -0.15) is 0 Å². The summed E-state index contributed by atoms with van der Waals surface area (Å²) < 4.78 is 18.2. The minimum atomic E-state index is -0.998. The van der Waals surface area contributed by atoms with Crippen LogP contribution in [-0.2, 0) is 20.9 Å². The lowest BCUT2D eigenvalue weighted by atomic mass is 10.1. The topological polar surface area (TPSA) is 82.1 Å². The maximum absolute atomic E-state index is 12.8. The molecule has 10 heteroatoms. The second kappa shape index (κ2) is 11.4. The number of amides is 2. The van der Waals surface area contributed by atoms with Crippen molar-refractivity contribution in [3.8, 4) is 11.5 Å². The zero-order valence-corrected chi connectivity index (χ0v) is 22.7. The average Bonchev–Trinajstić information content (AvgIpc) is 3.06. The maximum Gasteiger partial charge on any atom is 0.329 e. The Bertz CT molecular complexity index is 1100. The molecule has 2 amide bonds. The lowest BCUT2D eigenvalue weighted by Gasteiger charge is -2.19. The number of benzene rings is 2. The predicted molar refractivity (Wildman–Crippen MR) is 138 cm³/mol. The van der Waals surface area contributed by atoms with Crippen molar-refractivity contribution in [3.63, 3.8) is 0 Å². The van der Waals surface area contributed by atoms with Crippen molar-refractivity contribution in [3.05, 3.63) is 60.5 Å². The van der Waals surface area contributed by atoms with Crippen LogP contribution in [0.3, 0.4) is 0 Å². The second-order valence-corrected chi connectivity index (χ2v) is 10.0. The number of halogens is 2. The summed E-state index contributed by atoms with van der Waals surface area (Å²) in [5.74, 6) is -0.169. The third-order valence-corrected chi connectivity index (χ3v) is 6.88. The fraction of sp³-hybridized carbons (Fsp3) is 0.261. The first kappa shape index (κ1) is 25.6. The van der Waals surface area contributed by atoms with E-state index in [-0.39, 0.29) is 11.5 Å². The van der Waals surface area contributed by atoms with Crippen LogP contribution < -0.4 is 9.47 Å². The molecule has 0 aliphatic carbocycles. The van der Waals surface area contributed by atoms with Gasteiger partial charge in [-0.25, -0.2) is 4.79 Å². The number of carbonyl (C=O) groups is 3. The molecule has 2 aromatic rings. The van der Waals surface area contributed by atoms with Crippen LogP contribution >= 0.6 is 50.3 Å². The van der Waals surface area contributed by atoms with Gasteiger partial charge < -0.3 is 14.2 Å². The summed E-state index contributed by atoms with van der Waals surface area (Å²) in [7, 11) is 1.53. The van der Waals surface area contributed by atoms with Gasteiger partial charge in [0.1, 0.15) is 12.6 Å². The molecule has 0 saturated carbocycles. The molecule has 174 valence electrons. The minimum Gasteiger partial charge on any atom is -0.493 e. The fourth-order valence-electron chi connectivity index (χ4n) is 3.03. The van der Waals surface area contributed by atoms with Crippen LogP contribution in [0.5, 0.6) is 11.5 Å². The van der Waals surface area contributed by atoms with E-state index in [0.29, 0.717) is 28.1 Å². The van der Waals surface area contributed by atoms with Gasteiger partial charge in [0, 0.05) is 3.57 Å². The summed E-state index contributed by atoms with van der Waals surface area (Å²) >= 11 is 6.53. The third kappa shape index (κ3) is 6.10. The molecule has 0 bridgehead atoms. The Morgan fingerprint density at radius 1 is 1.24 bits per heavy atom. The summed E-state index contributed by atoms with van der Waals surface area (Å²) in [6.07, 6.45) is 1.58. The summed E-state index contributed by atoms with van der Waals surface area (Å²) in [5, 5.41) is -0.518. The smallest absolute Gasteiger partial charge is 0.329 e. The van der Waals surface area contributed by atoms with Crippen molar-refractivity contribution in [2.75, 3.05) is 13.7 Å². The highest BCUT2D eigenvalue weighted by Crippen LogP contribution is 2.40. The molecule has 3 rings (SSSR count). The van der Waals surface area contributed by atoms with E-state index < -0.39 is 23.2 Å². The number of ether oxygens (including phenoxy) is 3. The molecule has 0 N–H and O–H groups in total. The van der Waals surface area contributed by atoms with Crippen molar-refractivity contribution in [1.82, 2.24) is 4.90 Å². The number of methoxy groups -OCH3 is 1. The standard InChI is InChI=1S/C23H21BrINO6S/c1-4-31-22(28)13(2)26-21(27)19(33-23(26)29)11-15-9-17(24)20(18(10-15)30-3)32-12-14-5-7-16(25)8-6-14/h5-11,13H,4,12H2,1-3H3/b19-11+/t13-/m1/s1. The number of imide groups is 1. The molecule has 7 nitrogen and oxygen atoms in total. The van der Waals surface area contributed by atoms with Gasteiger partial charge in [-0.05, 0) is 106 Å². The van der Waals surface area contributed by atoms with Crippen LogP contribution in [0, 0.1) is 3.57 Å². The number of hydrogen-bond acceptors (Lipinski definition) is 7. The van der Waals surface area contributed by atoms with Gasteiger partial charge in [-0.3, -0.25) is 14.5 Å². The Kier molecular flexibility index (Phi) is 8.82. The van der Waals surface area contributed by atoms with Crippen LogP contribution in [0.1, 0.15) is 25.0 Å². The van der Waals surface area contributed by atoms with Gasteiger partial charge in [-0.1, -0.05) is 12.1 Å². The van der Waals surface area contributed by atoms with E-state index >= 15 is 0 Å². The predicted octanol–water partition coefficient (Wildman–Crippen LogP) is 5.63. The zero-order valence-electron chi connectivity index (χ0n) is 18.1. The van der Waals surface area contributed by atoms with Gasteiger partial charge in [0.2, 0.25) is 0 Å².